The van der Waals surface area contributed by atoms with Crippen molar-refractivity contribution in [1.29, 1.82) is 0 Å². The molecule has 22 heavy (non-hydrogen) atoms. The van der Waals surface area contributed by atoms with E-state index in [9.17, 15) is 5.11 Å². The van der Waals surface area contributed by atoms with E-state index >= 15 is 0 Å². The van der Waals surface area contributed by atoms with Crippen molar-refractivity contribution in [3.05, 3.63) is 18.6 Å². The van der Waals surface area contributed by atoms with Crippen LogP contribution in [-0.2, 0) is 14.2 Å². The number of fused-ring (bicyclic) bond motifs is 2. The van der Waals surface area contributed by atoms with Gasteiger partial charge in [-0.3, -0.25) is 0 Å². The number of hydrogen-bond donors (Lipinski definition) is 2. The molecular formula is C14H18N4O4. The van der Waals surface area contributed by atoms with Gasteiger partial charge in [-0.05, 0) is 19.9 Å². The van der Waals surface area contributed by atoms with Gasteiger partial charge in [-0.1, -0.05) is 0 Å². The van der Waals surface area contributed by atoms with Crippen molar-refractivity contribution in [3.8, 4) is 0 Å². The van der Waals surface area contributed by atoms with E-state index in [0.29, 0.717) is 11.5 Å². The van der Waals surface area contributed by atoms with Gasteiger partial charge in [0.05, 0.1) is 12.0 Å². The molecule has 1 unspecified atom stereocenters. The smallest absolute Gasteiger partial charge is 0.164 e. The molecule has 0 aromatic carbocycles. The molecule has 0 aliphatic carbocycles. The summed E-state index contributed by atoms with van der Waals surface area (Å²) in [4.78, 5) is 8.27. The molecule has 8 nitrogen and oxygen atoms in total. The zero-order chi connectivity index (χ0) is 15.5. The van der Waals surface area contributed by atoms with Crippen molar-refractivity contribution in [1.82, 2.24) is 14.5 Å². The Morgan fingerprint density at radius 2 is 2.09 bits per heavy atom. The van der Waals surface area contributed by atoms with Crippen LogP contribution in [-0.4, -0.2) is 50.3 Å². The van der Waals surface area contributed by atoms with Gasteiger partial charge in [0.1, 0.15) is 36.1 Å². The number of nitrogens with zero attached hydrogens (tertiary/aromatic N) is 3. The van der Waals surface area contributed by atoms with Crippen LogP contribution in [0.3, 0.4) is 0 Å². The van der Waals surface area contributed by atoms with Gasteiger partial charge in [-0.15, -0.1) is 0 Å². The summed E-state index contributed by atoms with van der Waals surface area (Å²) < 4.78 is 19.6. The van der Waals surface area contributed by atoms with E-state index in [2.05, 4.69) is 9.97 Å². The maximum atomic E-state index is 9.54. The van der Waals surface area contributed by atoms with E-state index in [1.165, 1.54) is 6.33 Å². The number of aromatic nitrogens is 3. The molecule has 4 rings (SSSR count). The third-order valence-corrected chi connectivity index (χ3v) is 4.12. The topological polar surface area (TPSA) is 105 Å². The van der Waals surface area contributed by atoms with Crippen LogP contribution >= 0.6 is 0 Å². The quantitative estimate of drug-likeness (QED) is 0.828. The van der Waals surface area contributed by atoms with Crippen LogP contribution in [0.5, 0.6) is 0 Å². The second kappa shape index (κ2) is 4.63. The van der Waals surface area contributed by atoms with Gasteiger partial charge in [0, 0.05) is 6.20 Å². The molecule has 2 aliphatic rings. The Kier molecular flexibility index (Phi) is 2.92. The lowest BCUT2D eigenvalue weighted by Crippen LogP contribution is -2.31. The molecule has 0 amide bonds. The van der Waals surface area contributed by atoms with Gasteiger partial charge in [0.25, 0.3) is 0 Å². The number of aliphatic hydroxyl groups excluding tert-OH is 1. The van der Waals surface area contributed by atoms with Gasteiger partial charge < -0.3 is 29.6 Å². The molecule has 0 spiro atoms. The molecule has 4 atom stereocenters. The summed E-state index contributed by atoms with van der Waals surface area (Å²) in [5.74, 6) is -0.289. The Hall–Kier alpha value is -1.74. The van der Waals surface area contributed by atoms with Crippen LogP contribution < -0.4 is 5.73 Å². The number of rotatable bonds is 2. The molecular weight excluding hydrogens is 288 g/mol. The Bertz CT molecular complexity index is 716. The lowest BCUT2D eigenvalue weighted by atomic mass is 10.1. The van der Waals surface area contributed by atoms with E-state index < -0.39 is 18.1 Å². The van der Waals surface area contributed by atoms with E-state index in [0.717, 1.165) is 5.39 Å². The van der Waals surface area contributed by atoms with Crippen LogP contribution in [0.1, 0.15) is 20.1 Å². The van der Waals surface area contributed by atoms with Gasteiger partial charge >= 0.3 is 0 Å². The summed E-state index contributed by atoms with van der Waals surface area (Å²) in [5.41, 5.74) is 6.54. The standard InChI is InChI=1S/C14H18N4O4/c1-14(2)21-9-8(5-19)20-13(10(9)22-14)18-4-3-7-11(15)16-6-17-12(7)18/h3-4,6,8-10,13,19H,5H2,1-2H3,(H2,15,16,17)/t8-,9?,10-,13-/m1/s1. The van der Waals surface area contributed by atoms with Crippen LogP contribution in [0.15, 0.2) is 18.6 Å². The van der Waals surface area contributed by atoms with E-state index in [1.807, 2.05) is 30.7 Å². The van der Waals surface area contributed by atoms with Crippen LogP contribution in [0.4, 0.5) is 5.82 Å². The molecule has 2 aromatic rings. The Morgan fingerprint density at radius 3 is 2.86 bits per heavy atom. The molecule has 0 bridgehead atoms. The van der Waals surface area contributed by atoms with Gasteiger partial charge in [-0.25, -0.2) is 9.97 Å². The number of nitrogen functional groups attached to an aromatic ring is 1. The average molecular weight is 306 g/mol. The minimum atomic E-state index is -0.707. The first kappa shape index (κ1) is 13.9. The van der Waals surface area contributed by atoms with Crippen LogP contribution in [0.25, 0.3) is 11.0 Å². The maximum Gasteiger partial charge on any atom is 0.164 e. The van der Waals surface area contributed by atoms with Crippen molar-refractivity contribution < 1.29 is 19.3 Å². The summed E-state index contributed by atoms with van der Waals surface area (Å²) in [6.07, 6.45) is 1.75. The summed E-state index contributed by atoms with van der Waals surface area (Å²) in [7, 11) is 0. The normalized spacial score (nSPS) is 33.4. The summed E-state index contributed by atoms with van der Waals surface area (Å²) in [6, 6.07) is 1.84. The molecule has 2 aromatic heterocycles. The second-order valence-electron chi connectivity index (χ2n) is 6.03. The van der Waals surface area contributed by atoms with Gasteiger partial charge in [0.15, 0.2) is 12.0 Å². The third-order valence-electron chi connectivity index (χ3n) is 4.12. The summed E-state index contributed by atoms with van der Waals surface area (Å²) in [6.45, 7) is 3.57. The van der Waals surface area contributed by atoms with Crippen LogP contribution in [0.2, 0.25) is 0 Å². The minimum Gasteiger partial charge on any atom is -0.394 e. The summed E-state index contributed by atoms with van der Waals surface area (Å²) in [5, 5.41) is 10.3. The minimum absolute atomic E-state index is 0.132. The number of anilines is 1. The van der Waals surface area contributed by atoms with Crippen molar-refractivity contribution in [2.75, 3.05) is 12.3 Å². The highest BCUT2D eigenvalue weighted by molar-refractivity contribution is 5.86. The molecule has 3 N–H and O–H groups in total. The lowest BCUT2D eigenvalue weighted by Gasteiger charge is -2.24. The fourth-order valence-corrected chi connectivity index (χ4v) is 3.23. The van der Waals surface area contributed by atoms with Crippen molar-refractivity contribution in [3.63, 3.8) is 0 Å². The first-order chi connectivity index (χ1) is 10.5. The summed E-state index contributed by atoms with van der Waals surface area (Å²) >= 11 is 0. The van der Waals surface area contributed by atoms with Crippen molar-refractivity contribution in [2.45, 2.75) is 44.2 Å². The molecule has 8 heteroatoms. The predicted octanol–water partition coefficient (Wildman–Crippen LogP) is 0.423. The zero-order valence-corrected chi connectivity index (χ0v) is 12.3. The number of ether oxygens (including phenoxy) is 3. The van der Waals surface area contributed by atoms with Crippen LogP contribution in [0, 0.1) is 0 Å². The number of aliphatic hydroxyl groups is 1. The second-order valence-corrected chi connectivity index (χ2v) is 6.03. The Morgan fingerprint density at radius 1 is 1.32 bits per heavy atom. The van der Waals surface area contributed by atoms with Crippen molar-refractivity contribution >= 4 is 16.9 Å². The average Bonchev–Trinajstić information content (AvgIpc) is 3.10. The Balaban J connectivity index is 1.77. The lowest BCUT2D eigenvalue weighted by molar-refractivity contribution is -0.199. The van der Waals surface area contributed by atoms with Crippen molar-refractivity contribution in [2.24, 2.45) is 0 Å². The molecule has 2 aliphatic heterocycles. The van der Waals surface area contributed by atoms with E-state index in [4.69, 9.17) is 19.9 Å². The molecule has 0 saturated carbocycles. The predicted molar refractivity (Wildman–Crippen MR) is 76.8 cm³/mol. The highest BCUT2D eigenvalue weighted by atomic mass is 16.8. The highest BCUT2D eigenvalue weighted by Crippen LogP contribution is 2.43. The maximum absolute atomic E-state index is 9.54. The van der Waals surface area contributed by atoms with E-state index in [1.54, 1.807) is 0 Å². The molecule has 0 radical (unpaired) electrons. The molecule has 4 heterocycles. The number of nitrogens with two attached hydrogens (primary N) is 1. The number of hydrogen-bond acceptors (Lipinski definition) is 7. The molecule has 2 fully saturated rings. The first-order valence-electron chi connectivity index (χ1n) is 7.19. The largest absolute Gasteiger partial charge is 0.394 e. The van der Waals surface area contributed by atoms with Gasteiger partial charge in [0.2, 0.25) is 0 Å². The molecule has 118 valence electrons. The monoisotopic (exact) mass is 306 g/mol. The fraction of sp³-hybridized carbons (Fsp3) is 0.571. The SMILES string of the molecule is CC1(C)OC2[C@@H](O1)[C@H](n1ccc3c(N)ncnc31)O[C@@H]2CO. The van der Waals surface area contributed by atoms with Gasteiger partial charge in [-0.2, -0.15) is 0 Å². The fourth-order valence-electron chi connectivity index (χ4n) is 3.23. The van der Waals surface area contributed by atoms with E-state index in [-0.39, 0.29) is 18.8 Å². The third kappa shape index (κ3) is 1.92. The zero-order valence-electron chi connectivity index (χ0n) is 12.3. The molecule has 2 saturated heterocycles. The highest BCUT2D eigenvalue weighted by Gasteiger charge is 2.55. The first-order valence-corrected chi connectivity index (χ1v) is 7.19. The Labute approximate surface area is 126 Å².